The van der Waals surface area contributed by atoms with Gasteiger partial charge in [0.2, 0.25) is 5.91 Å². The smallest absolute Gasteiger partial charge is 0.239 e. The lowest BCUT2D eigenvalue weighted by Crippen LogP contribution is -2.39. The lowest BCUT2D eigenvalue weighted by molar-refractivity contribution is -0.120. The third-order valence-corrected chi connectivity index (χ3v) is 2.43. The quantitative estimate of drug-likeness (QED) is 0.835. The molecule has 0 bridgehead atoms. The number of halogens is 2. The van der Waals surface area contributed by atoms with Crippen molar-refractivity contribution < 1.29 is 13.9 Å². The van der Waals surface area contributed by atoms with Gasteiger partial charge < -0.3 is 15.4 Å². The summed E-state index contributed by atoms with van der Waals surface area (Å²) in [6, 6.07) is 4.15. The van der Waals surface area contributed by atoms with Crippen LogP contribution in [0.15, 0.2) is 18.2 Å². The summed E-state index contributed by atoms with van der Waals surface area (Å²) in [6.07, 6.45) is 0. The van der Waals surface area contributed by atoms with E-state index >= 15 is 0 Å². The van der Waals surface area contributed by atoms with E-state index in [4.69, 9.17) is 16.3 Å². The highest BCUT2D eigenvalue weighted by Gasteiger charge is 2.08. The molecule has 100 valence electrons. The SMILES string of the molecule is COCC(C)NC(=O)CNc1ccc(Cl)cc1F. The van der Waals surface area contributed by atoms with Gasteiger partial charge in [0.15, 0.2) is 0 Å². The van der Waals surface area contributed by atoms with Gasteiger partial charge in [0.25, 0.3) is 0 Å². The van der Waals surface area contributed by atoms with Crippen LogP contribution in [0, 0.1) is 5.82 Å². The normalized spacial score (nSPS) is 12.0. The fourth-order valence-electron chi connectivity index (χ4n) is 1.43. The topological polar surface area (TPSA) is 50.4 Å². The van der Waals surface area contributed by atoms with Gasteiger partial charge in [-0.25, -0.2) is 4.39 Å². The van der Waals surface area contributed by atoms with E-state index in [9.17, 15) is 9.18 Å². The Bertz CT molecular complexity index is 415. The lowest BCUT2D eigenvalue weighted by Gasteiger charge is -2.13. The molecule has 1 aromatic carbocycles. The standard InChI is InChI=1S/C12H16ClFN2O2/c1-8(7-18-2)16-12(17)6-15-11-4-3-9(13)5-10(11)14/h3-5,8,15H,6-7H2,1-2H3,(H,16,17). The van der Waals surface area contributed by atoms with Crippen LogP contribution in [0.3, 0.4) is 0 Å². The largest absolute Gasteiger partial charge is 0.383 e. The van der Waals surface area contributed by atoms with Gasteiger partial charge in [-0.3, -0.25) is 4.79 Å². The van der Waals surface area contributed by atoms with E-state index in [1.807, 2.05) is 6.92 Å². The zero-order valence-corrected chi connectivity index (χ0v) is 11.1. The van der Waals surface area contributed by atoms with Gasteiger partial charge >= 0.3 is 0 Å². The van der Waals surface area contributed by atoms with Gasteiger partial charge in [-0.05, 0) is 25.1 Å². The van der Waals surface area contributed by atoms with E-state index in [1.165, 1.54) is 12.1 Å². The second-order valence-corrected chi connectivity index (χ2v) is 4.34. The Kier molecular flexibility index (Phi) is 5.88. The number of ether oxygens (including phenoxy) is 1. The third-order valence-electron chi connectivity index (χ3n) is 2.19. The van der Waals surface area contributed by atoms with E-state index < -0.39 is 5.82 Å². The fourth-order valence-corrected chi connectivity index (χ4v) is 1.58. The summed E-state index contributed by atoms with van der Waals surface area (Å²) < 4.78 is 18.3. The molecule has 4 nitrogen and oxygen atoms in total. The van der Waals surface area contributed by atoms with Crippen molar-refractivity contribution in [3.8, 4) is 0 Å². The first-order chi connectivity index (χ1) is 8.52. The fraction of sp³-hybridized carbons (Fsp3) is 0.417. The predicted molar refractivity (Wildman–Crippen MR) is 69.4 cm³/mol. The number of hydrogen-bond donors (Lipinski definition) is 2. The molecule has 1 unspecified atom stereocenters. The Morgan fingerprint density at radius 2 is 2.28 bits per heavy atom. The molecule has 0 aliphatic rings. The minimum atomic E-state index is -0.486. The Labute approximate surface area is 110 Å². The molecule has 0 aliphatic carbocycles. The Morgan fingerprint density at radius 3 is 2.89 bits per heavy atom. The van der Waals surface area contributed by atoms with Gasteiger partial charge in [-0.1, -0.05) is 11.6 Å². The summed E-state index contributed by atoms with van der Waals surface area (Å²) in [5.74, 6) is -0.714. The van der Waals surface area contributed by atoms with Gasteiger partial charge in [0.05, 0.1) is 18.8 Å². The number of carbonyl (C=O) groups is 1. The second-order valence-electron chi connectivity index (χ2n) is 3.90. The van der Waals surface area contributed by atoms with Crippen molar-refractivity contribution >= 4 is 23.2 Å². The predicted octanol–water partition coefficient (Wildman–Crippen LogP) is 2.04. The highest BCUT2D eigenvalue weighted by Crippen LogP contribution is 2.18. The molecule has 1 aromatic rings. The molecule has 1 rings (SSSR count). The summed E-state index contributed by atoms with van der Waals surface area (Å²) in [6.45, 7) is 2.25. The Balaban J connectivity index is 2.42. The molecule has 18 heavy (non-hydrogen) atoms. The second kappa shape index (κ2) is 7.18. The van der Waals surface area contributed by atoms with Gasteiger partial charge in [-0.2, -0.15) is 0 Å². The van der Waals surface area contributed by atoms with Crippen LogP contribution in [-0.2, 0) is 9.53 Å². The van der Waals surface area contributed by atoms with Crippen LogP contribution in [-0.4, -0.2) is 32.2 Å². The van der Waals surface area contributed by atoms with Crippen molar-refractivity contribution in [1.82, 2.24) is 5.32 Å². The first-order valence-electron chi connectivity index (χ1n) is 5.50. The average Bonchev–Trinajstić information content (AvgIpc) is 2.28. The third kappa shape index (κ3) is 4.89. The molecule has 0 saturated carbocycles. The Hall–Kier alpha value is -1.33. The molecular formula is C12H16ClFN2O2. The number of methoxy groups -OCH3 is 1. The van der Waals surface area contributed by atoms with Crippen LogP contribution in [0.4, 0.5) is 10.1 Å². The van der Waals surface area contributed by atoms with Crippen molar-refractivity contribution in [2.75, 3.05) is 25.6 Å². The van der Waals surface area contributed by atoms with Gasteiger partial charge in [0.1, 0.15) is 5.82 Å². The summed E-state index contributed by atoms with van der Waals surface area (Å²) in [4.78, 5) is 11.5. The molecule has 1 amide bonds. The van der Waals surface area contributed by atoms with Crippen molar-refractivity contribution in [3.05, 3.63) is 29.0 Å². The van der Waals surface area contributed by atoms with Crippen molar-refractivity contribution in [3.63, 3.8) is 0 Å². The number of nitrogens with one attached hydrogen (secondary N) is 2. The maximum Gasteiger partial charge on any atom is 0.239 e. The molecule has 0 aliphatic heterocycles. The molecule has 1 atom stereocenters. The maximum absolute atomic E-state index is 13.4. The van der Waals surface area contributed by atoms with Crippen molar-refractivity contribution in [1.29, 1.82) is 0 Å². The number of anilines is 1. The zero-order chi connectivity index (χ0) is 13.5. The Morgan fingerprint density at radius 1 is 1.56 bits per heavy atom. The number of hydrogen-bond acceptors (Lipinski definition) is 3. The highest BCUT2D eigenvalue weighted by atomic mass is 35.5. The van der Waals surface area contributed by atoms with E-state index in [0.29, 0.717) is 11.6 Å². The summed E-state index contributed by atoms with van der Waals surface area (Å²) in [5.41, 5.74) is 0.244. The van der Waals surface area contributed by atoms with E-state index in [2.05, 4.69) is 10.6 Å². The van der Waals surface area contributed by atoms with Crippen LogP contribution in [0.25, 0.3) is 0 Å². The molecular weight excluding hydrogens is 259 g/mol. The molecule has 0 spiro atoms. The summed E-state index contributed by atoms with van der Waals surface area (Å²) >= 11 is 5.62. The molecule has 0 radical (unpaired) electrons. The number of carbonyl (C=O) groups excluding carboxylic acids is 1. The maximum atomic E-state index is 13.4. The molecule has 2 N–H and O–H groups in total. The van der Waals surface area contributed by atoms with E-state index in [0.717, 1.165) is 0 Å². The van der Waals surface area contributed by atoms with Crippen LogP contribution in [0.2, 0.25) is 5.02 Å². The number of rotatable bonds is 6. The number of benzene rings is 1. The van der Waals surface area contributed by atoms with Crippen LogP contribution in [0.5, 0.6) is 0 Å². The van der Waals surface area contributed by atoms with Gasteiger partial charge in [-0.15, -0.1) is 0 Å². The minimum absolute atomic E-state index is 0.00733. The first-order valence-corrected chi connectivity index (χ1v) is 5.88. The highest BCUT2D eigenvalue weighted by molar-refractivity contribution is 6.30. The molecule has 0 saturated heterocycles. The van der Waals surface area contributed by atoms with E-state index in [1.54, 1.807) is 13.2 Å². The lowest BCUT2D eigenvalue weighted by atomic mass is 10.3. The first kappa shape index (κ1) is 14.7. The molecule has 6 heteroatoms. The molecule has 0 aromatic heterocycles. The molecule has 0 heterocycles. The summed E-state index contributed by atoms with van der Waals surface area (Å²) in [7, 11) is 1.56. The van der Waals surface area contributed by atoms with Crippen LogP contribution in [0.1, 0.15) is 6.92 Å². The molecule has 0 fully saturated rings. The van der Waals surface area contributed by atoms with Crippen molar-refractivity contribution in [2.45, 2.75) is 13.0 Å². The average molecular weight is 275 g/mol. The van der Waals surface area contributed by atoms with Crippen LogP contribution >= 0.6 is 11.6 Å². The van der Waals surface area contributed by atoms with Crippen LogP contribution < -0.4 is 10.6 Å². The van der Waals surface area contributed by atoms with Gasteiger partial charge in [0, 0.05) is 18.2 Å². The monoisotopic (exact) mass is 274 g/mol. The minimum Gasteiger partial charge on any atom is -0.383 e. The van der Waals surface area contributed by atoms with Crippen molar-refractivity contribution in [2.24, 2.45) is 0 Å². The number of amides is 1. The zero-order valence-electron chi connectivity index (χ0n) is 10.3. The van der Waals surface area contributed by atoms with E-state index in [-0.39, 0.29) is 24.2 Å². The summed E-state index contributed by atoms with van der Waals surface area (Å²) in [5, 5.41) is 5.72.